The Morgan fingerprint density at radius 3 is 2.46 bits per heavy atom. The van der Waals surface area contributed by atoms with Gasteiger partial charge in [-0.1, -0.05) is 12.1 Å². The number of ether oxygens (including phenoxy) is 2. The number of para-hydroxylation sites is 1. The molecule has 2 bridgehead atoms. The number of hydrogen-bond acceptors (Lipinski definition) is 13. The van der Waals surface area contributed by atoms with Crippen molar-refractivity contribution in [3.8, 4) is 22.8 Å². The fraction of sp³-hybridized carbons (Fsp3) is 0.476. The van der Waals surface area contributed by atoms with Gasteiger partial charge < -0.3 is 45.2 Å². The number of piperidine rings is 1. The van der Waals surface area contributed by atoms with E-state index in [1.54, 1.807) is 17.0 Å². The lowest BCUT2D eigenvalue weighted by molar-refractivity contribution is -0.123. The molecule has 3 saturated heterocycles. The molecule has 57 heavy (non-hydrogen) atoms. The van der Waals surface area contributed by atoms with Crippen LogP contribution in [0.4, 0.5) is 23.1 Å². The maximum Gasteiger partial charge on any atom is 0.257 e. The first-order chi connectivity index (χ1) is 27.8. The number of aryl methyl sites for hydroxylation is 1. The normalized spacial score (nSPS) is 19.7. The summed E-state index contributed by atoms with van der Waals surface area (Å²) in [5.74, 6) is 2.20. The number of nitrogens with zero attached hydrogens (tertiary/aromatic N) is 8. The molecule has 15 nitrogen and oxygen atoms in total. The van der Waals surface area contributed by atoms with Gasteiger partial charge in [0, 0.05) is 69.0 Å². The van der Waals surface area contributed by atoms with Crippen molar-refractivity contribution in [2.45, 2.75) is 62.9 Å². The summed E-state index contributed by atoms with van der Waals surface area (Å²) >= 11 is 0. The molecular weight excluding hydrogens is 725 g/mol. The van der Waals surface area contributed by atoms with Gasteiger partial charge in [0.25, 0.3) is 11.8 Å². The number of amides is 2. The highest BCUT2D eigenvalue weighted by atomic mass is 16.5. The second kappa shape index (κ2) is 17.3. The van der Waals surface area contributed by atoms with E-state index in [9.17, 15) is 14.7 Å². The number of rotatable bonds is 13. The summed E-state index contributed by atoms with van der Waals surface area (Å²) in [7, 11) is 1.52. The topological polar surface area (TPSA) is 175 Å². The van der Waals surface area contributed by atoms with Gasteiger partial charge in [-0.3, -0.25) is 9.59 Å². The summed E-state index contributed by atoms with van der Waals surface area (Å²) in [4.78, 5) is 43.7. The number of methoxy groups -OCH3 is 1. The average Bonchev–Trinajstić information content (AvgIpc) is 3.50. The van der Waals surface area contributed by atoms with Crippen molar-refractivity contribution < 1.29 is 24.2 Å². The molecular formula is C42H52N10O5. The molecule has 2 aromatic heterocycles. The number of aromatic hydroxyl groups is 1. The number of piperazine rings is 1. The Morgan fingerprint density at radius 1 is 0.930 bits per heavy atom. The van der Waals surface area contributed by atoms with E-state index in [1.165, 1.54) is 12.7 Å². The van der Waals surface area contributed by atoms with Crippen LogP contribution >= 0.6 is 0 Å². The summed E-state index contributed by atoms with van der Waals surface area (Å²) in [6.07, 6.45) is 10.9. The number of carbonyl (C=O) groups excluding carboxylic acids is 2. The van der Waals surface area contributed by atoms with Gasteiger partial charge in [-0.05, 0) is 118 Å². The molecule has 0 spiro atoms. The first-order valence-electron chi connectivity index (χ1n) is 20.2. The molecule has 4 aliphatic rings. The standard InChI is InChI=1S/C42H52N10O5/c1-56-27-40(55)51-17-4-6-29-20-33(11-12-36(29)51)57-26-39(54)44-15-5-16-49-18-13-28(14-19-49)30-22-45-42(46-23-30)52-31-9-10-32(52)25-50(24-31)37-21-35(47-48-41(37)43)34-7-2-3-8-38(34)53/h2-3,7-8,11-12,20-23,28,31-32,53H,4-6,9-10,13-19,24-27H2,1H3,(H2,43,48)(H,44,54). The van der Waals surface area contributed by atoms with Crippen LogP contribution in [0, 0.1) is 0 Å². The number of nitrogens with one attached hydrogen (secondary N) is 1. The fourth-order valence-corrected chi connectivity index (χ4v) is 8.91. The number of fused-ring (bicyclic) bond motifs is 3. The molecule has 6 heterocycles. The van der Waals surface area contributed by atoms with Gasteiger partial charge in [-0.15, -0.1) is 10.2 Å². The summed E-state index contributed by atoms with van der Waals surface area (Å²) in [6.45, 7) is 5.77. The lowest BCUT2D eigenvalue weighted by Gasteiger charge is -2.42. The molecule has 0 radical (unpaired) electrons. The monoisotopic (exact) mass is 776 g/mol. The minimum Gasteiger partial charge on any atom is -0.507 e. The van der Waals surface area contributed by atoms with Crippen LogP contribution in [0.25, 0.3) is 11.3 Å². The fourth-order valence-electron chi connectivity index (χ4n) is 8.91. The molecule has 2 aromatic carbocycles. The molecule has 0 aliphatic carbocycles. The van der Waals surface area contributed by atoms with E-state index >= 15 is 0 Å². The van der Waals surface area contributed by atoms with Crippen LogP contribution < -0.4 is 30.5 Å². The number of nitrogens with two attached hydrogens (primary N) is 1. The highest BCUT2D eigenvalue weighted by molar-refractivity contribution is 5.95. The number of anilines is 4. The van der Waals surface area contributed by atoms with E-state index < -0.39 is 0 Å². The minimum absolute atomic E-state index is 0.0456. The maximum atomic E-state index is 12.5. The van der Waals surface area contributed by atoms with Crippen molar-refractivity contribution in [1.29, 1.82) is 0 Å². The Kier molecular flexibility index (Phi) is 11.6. The molecule has 2 amide bonds. The summed E-state index contributed by atoms with van der Waals surface area (Å²) in [6, 6.07) is 15.2. The van der Waals surface area contributed by atoms with Gasteiger partial charge in [-0.2, -0.15) is 0 Å². The van der Waals surface area contributed by atoms with Crippen LogP contribution in [0.15, 0.2) is 60.9 Å². The van der Waals surface area contributed by atoms with Gasteiger partial charge >= 0.3 is 0 Å². The van der Waals surface area contributed by atoms with E-state index in [1.807, 2.05) is 48.8 Å². The number of aromatic nitrogens is 4. The largest absolute Gasteiger partial charge is 0.507 e. The van der Waals surface area contributed by atoms with Gasteiger partial charge in [-0.25, -0.2) is 9.97 Å². The van der Waals surface area contributed by atoms with Crippen LogP contribution in [-0.2, 0) is 20.7 Å². The molecule has 0 saturated carbocycles. The van der Waals surface area contributed by atoms with Gasteiger partial charge in [0.15, 0.2) is 12.4 Å². The van der Waals surface area contributed by atoms with E-state index in [0.29, 0.717) is 41.8 Å². The third kappa shape index (κ3) is 8.59. The van der Waals surface area contributed by atoms with E-state index in [2.05, 4.69) is 30.2 Å². The van der Waals surface area contributed by atoms with E-state index in [4.69, 9.17) is 25.2 Å². The molecule has 300 valence electrons. The van der Waals surface area contributed by atoms with Crippen LogP contribution in [0.5, 0.6) is 11.5 Å². The zero-order valence-corrected chi connectivity index (χ0v) is 32.6. The summed E-state index contributed by atoms with van der Waals surface area (Å²) < 4.78 is 10.8. The first-order valence-corrected chi connectivity index (χ1v) is 20.2. The predicted octanol–water partition coefficient (Wildman–Crippen LogP) is 3.77. The van der Waals surface area contributed by atoms with Gasteiger partial charge in [0.05, 0.1) is 11.4 Å². The number of likely N-dealkylation sites (tertiary alicyclic amines) is 1. The summed E-state index contributed by atoms with van der Waals surface area (Å²) in [5, 5.41) is 21.9. The Labute approximate surface area is 333 Å². The second-order valence-electron chi connectivity index (χ2n) is 15.5. The molecule has 15 heteroatoms. The van der Waals surface area contributed by atoms with Crippen molar-refractivity contribution in [3.05, 3.63) is 72.1 Å². The molecule has 4 aromatic rings. The van der Waals surface area contributed by atoms with Crippen LogP contribution in [-0.4, -0.2) is 120 Å². The predicted molar refractivity (Wildman–Crippen MR) is 218 cm³/mol. The molecule has 2 unspecified atom stereocenters. The van der Waals surface area contributed by atoms with Crippen molar-refractivity contribution in [3.63, 3.8) is 0 Å². The molecule has 4 aliphatic heterocycles. The quantitative estimate of drug-likeness (QED) is 0.168. The number of phenolic OH excluding ortho intramolecular Hbond substituents is 1. The van der Waals surface area contributed by atoms with Crippen LogP contribution in [0.3, 0.4) is 0 Å². The molecule has 4 N–H and O–H groups in total. The van der Waals surface area contributed by atoms with Crippen molar-refractivity contribution in [2.24, 2.45) is 0 Å². The molecule has 8 rings (SSSR count). The van der Waals surface area contributed by atoms with E-state index in [0.717, 1.165) is 101 Å². The highest BCUT2D eigenvalue weighted by Crippen LogP contribution is 2.38. The average molecular weight is 777 g/mol. The zero-order valence-electron chi connectivity index (χ0n) is 32.6. The van der Waals surface area contributed by atoms with Crippen LogP contribution in [0.1, 0.15) is 55.6 Å². The number of benzene rings is 2. The highest BCUT2D eigenvalue weighted by Gasteiger charge is 2.42. The van der Waals surface area contributed by atoms with Crippen LogP contribution in [0.2, 0.25) is 0 Å². The number of nitrogen functional groups attached to an aromatic ring is 1. The molecule has 2 atom stereocenters. The zero-order chi connectivity index (χ0) is 39.3. The SMILES string of the molecule is COCC(=O)N1CCCc2cc(OCC(=O)NCCCN3CCC(c4cnc(N5C6CCC5CN(c5cc(-c7ccccc7O)nnc5N)C6)nc4)CC3)ccc21. The Bertz CT molecular complexity index is 2030. The maximum absolute atomic E-state index is 12.5. The van der Waals surface area contributed by atoms with Crippen molar-refractivity contribution >= 4 is 35.0 Å². The minimum atomic E-state index is -0.142. The van der Waals surface area contributed by atoms with Crippen molar-refractivity contribution in [1.82, 2.24) is 30.4 Å². The third-order valence-corrected chi connectivity index (χ3v) is 11.8. The van der Waals surface area contributed by atoms with Crippen molar-refractivity contribution in [2.75, 3.05) is 86.6 Å². The number of carbonyl (C=O) groups is 2. The number of phenols is 1. The third-order valence-electron chi connectivity index (χ3n) is 11.8. The summed E-state index contributed by atoms with van der Waals surface area (Å²) in [5.41, 5.74) is 11.5. The Hall–Kier alpha value is -5.54. The lowest BCUT2D eigenvalue weighted by atomic mass is 9.91. The van der Waals surface area contributed by atoms with E-state index in [-0.39, 0.29) is 42.9 Å². The van der Waals surface area contributed by atoms with Gasteiger partial charge in [0.1, 0.15) is 18.1 Å². The smallest absolute Gasteiger partial charge is 0.257 e. The first kappa shape index (κ1) is 38.3. The van der Waals surface area contributed by atoms with Gasteiger partial charge in [0.2, 0.25) is 5.95 Å². The lowest BCUT2D eigenvalue weighted by Crippen LogP contribution is -2.54. The Balaban J connectivity index is 0.758. The number of hydrogen-bond donors (Lipinski definition) is 3. The Morgan fingerprint density at radius 2 is 1.70 bits per heavy atom. The molecule has 3 fully saturated rings. The second-order valence-corrected chi connectivity index (χ2v) is 15.5.